The number of piperidine rings is 1. The number of amides is 1. The summed E-state index contributed by atoms with van der Waals surface area (Å²) in [4.78, 5) is 24.0. The van der Waals surface area contributed by atoms with E-state index in [1.54, 1.807) is 0 Å². The summed E-state index contributed by atoms with van der Waals surface area (Å²) >= 11 is 1.90. The molecule has 1 aromatic heterocycles. The van der Waals surface area contributed by atoms with Gasteiger partial charge < -0.3 is 9.80 Å². The van der Waals surface area contributed by atoms with Crippen molar-refractivity contribution < 1.29 is 9.18 Å². The molecule has 3 heterocycles. The minimum atomic E-state index is -0.393. The molecule has 1 amide bonds. The van der Waals surface area contributed by atoms with Crippen LogP contribution in [0.5, 0.6) is 0 Å². The average molecular weight is 310 g/mol. The minimum absolute atomic E-state index is 0.0780. The number of carbonyl (C=O) groups is 1. The predicted octanol–water partition coefficient (Wildman–Crippen LogP) is 1.41. The molecule has 0 bridgehead atoms. The van der Waals surface area contributed by atoms with E-state index in [9.17, 15) is 9.18 Å². The Bertz CT molecular complexity index is 502. The second-order valence-corrected chi connectivity index (χ2v) is 6.62. The molecule has 0 spiro atoms. The summed E-state index contributed by atoms with van der Waals surface area (Å²) in [5.74, 6) is 2.39. The Morgan fingerprint density at radius 1 is 1.24 bits per heavy atom. The molecule has 5 nitrogen and oxygen atoms in total. The Hall–Kier alpha value is -1.37. The lowest BCUT2D eigenvalue weighted by molar-refractivity contribution is -0.135. The van der Waals surface area contributed by atoms with Gasteiger partial charge in [-0.3, -0.25) is 4.79 Å². The van der Waals surface area contributed by atoms with Gasteiger partial charge in [-0.1, -0.05) is 0 Å². The molecular formula is C14H19FN4OS. The smallest absolute Gasteiger partial charge is 0.225 e. The molecule has 21 heavy (non-hydrogen) atoms. The van der Waals surface area contributed by atoms with Crippen LogP contribution in [0.15, 0.2) is 12.5 Å². The lowest BCUT2D eigenvalue weighted by atomic mass is 9.95. The third kappa shape index (κ3) is 3.28. The van der Waals surface area contributed by atoms with Crippen LogP contribution in [0.4, 0.5) is 10.2 Å². The molecule has 7 heteroatoms. The van der Waals surface area contributed by atoms with E-state index in [0.717, 1.165) is 37.4 Å². The molecule has 2 saturated heterocycles. The van der Waals surface area contributed by atoms with E-state index in [0.29, 0.717) is 18.9 Å². The number of hydrogen-bond donors (Lipinski definition) is 0. The van der Waals surface area contributed by atoms with Crippen LogP contribution >= 0.6 is 11.8 Å². The monoisotopic (exact) mass is 310 g/mol. The van der Waals surface area contributed by atoms with Crippen LogP contribution in [0.25, 0.3) is 0 Å². The molecular weight excluding hydrogens is 291 g/mol. The first-order valence-electron chi connectivity index (χ1n) is 7.32. The Kier molecular flexibility index (Phi) is 4.57. The van der Waals surface area contributed by atoms with Gasteiger partial charge >= 0.3 is 0 Å². The fraction of sp³-hybridized carbons (Fsp3) is 0.643. The molecule has 2 aliphatic heterocycles. The predicted molar refractivity (Wildman–Crippen MR) is 80.8 cm³/mol. The second kappa shape index (κ2) is 6.60. The molecule has 0 aromatic carbocycles. The fourth-order valence-electron chi connectivity index (χ4n) is 2.92. The molecule has 2 fully saturated rings. The first-order valence-corrected chi connectivity index (χ1v) is 8.48. The highest BCUT2D eigenvalue weighted by molar-refractivity contribution is 7.99. The van der Waals surface area contributed by atoms with Crippen LogP contribution in [0, 0.1) is 11.7 Å². The number of rotatable bonds is 2. The zero-order chi connectivity index (χ0) is 14.7. The van der Waals surface area contributed by atoms with Gasteiger partial charge in [0.15, 0.2) is 11.6 Å². The lowest BCUT2D eigenvalue weighted by Crippen LogP contribution is -2.45. The number of aromatic nitrogens is 2. The molecule has 0 unspecified atom stereocenters. The van der Waals surface area contributed by atoms with Crippen molar-refractivity contribution in [3.05, 3.63) is 18.3 Å². The average Bonchev–Trinajstić information content (AvgIpc) is 2.56. The van der Waals surface area contributed by atoms with Gasteiger partial charge in [-0.15, -0.1) is 0 Å². The Balaban J connectivity index is 1.57. The zero-order valence-corrected chi connectivity index (χ0v) is 12.7. The maximum absolute atomic E-state index is 13.7. The molecule has 3 rings (SSSR count). The van der Waals surface area contributed by atoms with Crippen LogP contribution < -0.4 is 4.90 Å². The highest BCUT2D eigenvalue weighted by atomic mass is 32.2. The number of halogens is 1. The second-order valence-electron chi connectivity index (χ2n) is 5.39. The van der Waals surface area contributed by atoms with Crippen molar-refractivity contribution in [2.75, 3.05) is 42.6 Å². The first-order chi connectivity index (χ1) is 10.3. The van der Waals surface area contributed by atoms with Crippen LogP contribution in [0.2, 0.25) is 0 Å². The number of nitrogens with zero attached hydrogens (tertiary/aromatic N) is 4. The maximum atomic E-state index is 13.7. The van der Waals surface area contributed by atoms with E-state index in [2.05, 4.69) is 9.97 Å². The van der Waals surface area contributed by atoms with Gasteiger partial charge in [0.1, 0.15) is 6.33 Å². The first kappa shape index (κ1) is 14.6. The van der Waals surface area contributed by atoms with Crippen LogP contribution in [-0.2, 0) is 4.79 Å². The molecule has 1 aromatic rings. The lowest BCUT2D eigenvalue weighted by Gasteiger charge is -2.35. The quantitative estimate of drug-likeness (QED) is 0.826. The Morgan fingerprint density at radius 3 is 2.62 bits per heavy atom. The molecule has 0 N–H and O–H groups in total. The van der Waals surface area contributed by atoms with Gasteiger partial charge in [-0.05, 0) is 12.8 Å². The van der Waals surface area contributed by atoms with E-state index in [1.165, 1.54) is 12.5 Å². The van der Waals surface area contributed by atoms with Crippen molar-refractivity contribution in [1.29, 1.82) is 0 Å². The normalized spacial score (nSPS) is 20.6. The highest BCUT2D eigenvalue weighted by Gasteiger charge is 2.30. The van der Waals surface area contributed by atoms with E-state index in [4.69, 9.17) is 0 Å². The van der Waals surface area contributed by atoms with Crippen molar-refractivity contribution in [2.24, 2.45) is 5.92 Å². The maximum Gasteiger partial charge on any atom is 0.225 e. The van der Waals surface area contributed by atoms with Gasteiger partial charge in [0.05, 0.1) is 6.20 Å². The van der Waals surface area contributed by atoms with Gasteiger partial charge in [0.2, 0.25) is 5.91 Å². The summed E-state index contributed by atoms with van der Waals surface area (Å²) in [5, 5.41) is 0. The van der Waals surface area contributed by atoms with Crippen molar-refractivity contribution in [2.45, 2.75) is 12.8 Å². The fourth-order valence-corrected chi connectivity index (χ4v) is 3.82. The highest BCUT2D eigenvalue weighted by Crippen LogP contribution is 2.25. The van der Waals surface area contributed by atoms with E-state index >= 15 is 0 Å². The molecule has 2 aliphatic rings. The largest absolute Gasteiger partial charge is 0.354 e. The minimum Gasteiger partial charge on any atom is -0.354 e. The number of thioether (sulfide) groups is 1. The van der Waals surface area contributed by atoms with E-state index in [1.807, 2.05) is 21.6 Å². The molecule has 0 saturated carbocycles. The van der Waals surface area contributed by atoms with E-state index < -0.39 is 5.82 Å². The summed E-state index contributed by atoms with van der Waals surface area (Å²) in [6, 6.07) is 0. The van der Waals surface area contributed by atoms with E-state index in [-0.39, 0.29) is 11.8 Å². The summed E-state index contributed by atoms with van der Waals surface area (Å²) in [5.41, 5.74) is 0. The van der Waals surface area contributed by atoms with Gasteiger partial charge in [0, 0.05) is 43.6 Å². The summed E-state index contributed by atoms with van der Waals surface area (Å²) in [7, 11) is 0. The number of hydrogen-bond acceptors (Lipinski definition) is 5. The number of anilines is 1. The molecule has 0 aliphatic carbocycles. The van der Waals surface area contributed by atoms with Gasteiger partial charge in [-0.2, -0.15) is 11.8 Å². The summed E-state index contributed by atoms with van der Waals surface area (Å²) < 4.78 is 13.7. The van der Waals surface area contributed by atoms with Crippen LogP contribution in [0.3, 0.4) is 0 Å². The third-order valence-corrected chi connectivity index (χ3v) is 5.06. The van der Waals surface area contributed by atoms with Crippen LogP contribution in [0.1, 0.15) is 12.8 Å². The summed E-state index contributed by atoms with van der Waals surface area (Å²) in [6.07, 6.45) is 4.09. The zero-order valence-electron chi connectivity index (χ0n) is 11.9. The molecule has 114 valence electrons. The van der Waals surface area contributed by atoms with Gasteiger partial charge in [0.25, 0.3) is 0 Å². The SMILES string of the molecule is O=C(C1CCN(c2ncncc2F)CC1)N1CCSCC1. The van der Waals surface area contributed by atoms with Crippen molar-refractivity contribution in [3.8, 4) is 0 Å². The standard InChI is InChI=1S/C14H19FN4OS/c15-12-9-16-10-17-13(12)18-3-1-11(2-4-18)14(20)19-5-7-21-8-6-19/h9-11H,1-8H2. The Morgan fingerprint density at radius 2 is 1.95 bits per heavy atom. The molecule has 0 radical (unpaired) electrons. The molecule has 0 atom stereocenters. The number of carbonyl (C=O) groups excluding carboxylic acids is 1. The van der Waals surface area contributed by atoms with Crippen molar-refractivity contribution >= 4 is 23.5 Å². The van der Waals surface area contributed by atoms with Crippen LogP contribution in [-0.4, -0.2) is 58.5 Å². The van der Waals surface area contributed by atoms with Crippen molar-refractivity contribution in [1.82, 2.24) is 14.9 Å². The third-order valence-electron chi connectivity index (χ3n) is 4.11. The summed E-state index contributed by atoms with van der Waals surface area (Å²) in [6.45, 7) is 3.08. The van der Waals surface area contributed by atoms with Crippen molar-refractivity contribution in [3.63, 3.8) is 0 Å². The van der Waals surface area contributed by atoms with Gasteiger partial charge in [-0.25, -0.2) is 14.4 Å². The topological polar surface area (TPSA) is 49.3 Å². The Labute approximate surface area is 127 Å².